The number of aryl methyl sites for hydroxylation is 1. The van der Waals surface area contributed by atoms with E-state index >= 15 is 0 Å². The first-order chi connectivity index (χ1) is 10.1. The van der Waals surface area contributed by atoms with Gasteiger partial charge in [0.05, 0.1) is 0 Å². The molecule has 1 fully saturated rings. The van der Waals surface area contributed by atoms with Crippen LogP contribution in [-0.4, -0.2) is 34.5 Å². The van der Waals surface area contributed by atoms with Crippen LogP contribution < -0.4 is 0 Å². The second kappa shape index (κ2) is 6.74. The summed E-state index contributed by atoms with van der Waals surface area (Å²) in [5.41, 5.74) is 1.62. The lowest BCUT2D eigenvalue weighted by Crippen LogP contribution is -2.50. The predicted molar refractivity (Wildman–Crippen MR) is 81.3 cm³/mol. The Balaban J connectivity index is 2.26. The molecule has 4 heteroatoms. The molecular formula is C17H23NO3. The number of rotatable bonds is 4. The monoisotopic (exact) mass is 289 g/mol. The average Bonchev–Trinajstić information content (AvgIpc) is 2.53. The van der Waals surface area contributed by atoms with Gasteiger partial charge in [0.25, 0.3) is 5.91 Å². The van der Waals surface area contributed by atoms with Gasteiger partial charge in [-0.2, -0.15) is 0 Å². The SMILES string of the molecule is CCc1ccccc1C(=O)N1CCC(CC)CC1C(=O)O. The Bertz CT molecular complexity index is 527. The van der Waals surface area contributed by atoms with Crippen LogP contribution in [0.3, 0.4) is 0 Å². The second-order valence-electron chi connectivity index (χ2n) is 5.66. The van der Waals surface area contributed by atoms with Crippen LogP contribution in [0.2, 0.25) is 0 Å². The van der Waals surface area contributed by atoms with E-state index in [4.69, 9.17) is 0 Å². The lowest BCUT2D eigenvalue weighted by molar-refractivity contribution is -0.144. The highest BCUT2D eigenvalue weighted by atomic mass is 16.4. The summed E-state index contributed by atoms with van der Waals surface area (Å²) in [4.78, 5) is 25.8. The van der Waals surface area contributed by atoms with Gasteiger partial charge in [-0.1, -0.05) is 38.5 Å². The summed E-state index contributed by atoms with van der Waals surface area (Å²) in [6.45, 7) is 4.61. The number of hydrogen-bond donors (Lipinski definition) is 1. The van der Waals surface area contributed by atoms with Crippen molar-refractivity contribution in [3.05, 3.63) is 35.4 Å². The number of carboxylic acid groups (broad SMARTS) is 1. The van der Waals surface area contributed by atoms with Gasteiger partial charge in [0.1, 0.15) is 6.04 Å². The van der Waals surface area contributed by atoms with Gasteiger partial charge in [-0.05, 0) is 36.8 Å². The van der Waals surface area contributed by atoms with Gasteiger partial charge in [0.2, 0.25) is 0 Å². The third-order valence-electron chi connectivity index (χ3n) is 4.46. The van der Waals surface area contributed by atoms with E-state index in [0.29, 0.717) is 24.4 Å². The minimum absolute atomic E-state index is 0.144. The van der Waals surface area contributed by atoms with Gasteiger partial charge in [0, 0.05) is 12.1 Å². The van der Waals surface area contributed by atoms with Crippen molar-refractivity contribution in [2.24, 2.45) is 5.92 Å². The molecule has 1 amide bonds. The molecule has 0 bridgehead atoms. The van der Waals surface area contributed by atoms with Crippen molar-refractivity contribution in [2.45, 2.75) is 45.6 Å². The molecule has 1 aliphatic heterocycles. The normalized spacial score (nSPS) is 22.1. The maximum Gasteiger partial charge on any atom is 0.326 e. The van der Waals surface area contributed by atoms with Crippen LogP contribution in [0.5, 0.6) is 0 Å². The summed E-state index contributed by atoms with van der Waals surface area (Å²) >= 11 is 0. The van der Waals surface area contributed by atoms with Gasteiger partial charge in [-0.3, -0.25) is 4.79 Å². The van der Waals surface area contributed by atoms with E-state index in [-0.39, 0.29) is 5.91 Å². The summed E-state index contributed by atoms with van der Waals surface area (Å²) in [6, 6.07) is 6.78. The number of piperidine rings is 1. The van der Waals surface area contributed by atoms with Gasteiger partial charge in [0.15, 0.2) is 0 Å². The number of amides is 1. The summed E-state index contributed by atoms with van der Waals surface area (Å²) < 4.78 is 0. The fourth-order valence-electron chi connectivity index (χ4n) is 3.08. The third-order valence-corrected chi connectivity index (χ3v) is 4.46. The largest absolute Gasteiger partial charge is 0.480 e. The highest BCUT2D eigenvalue weighted by Crippen LogP contribution is 2.27. The molecule has 0 saturated carbocycles. The topological polar surface area (TPSA) is 57.6 Å². The molecule has 4 nitrogen and oxygen atoms in total. The maximum absolute atomic E-state index is 12.8. The van der Waals surface area contributed by atoms with Crippen molar-refractivity contribution in [3.8, 4) is 0 Å². The summed E-state index contributed by atoms with van der Waals surface area (Å²) in [5, 5.41) is 9.45. The number of benzene rings is 1. The maximum atomic E-state index is 12.8. The van der Waals surface area contributed by atoms with Gasteiger partial charge in [-0.15, -0.1) is 0 Å². The minimum atomic E-state index is -0.893. The molecule has 114 valence electrons. The molecule has 1 saturated heterocycles. The molecule has 2 unspecified atom stereocenters. The van der Waals surface area contributed by atoms with Crippen LogP contribution in [0.1, 0.15) is 49.0 Å². The van der Waals surface area contributed by atoms with Crippen molar-refractivity contribution < 1.29 is 14.7 Å². The number of carboxylic acids is 1. The molecule has 0 spiro atoms. The Morgan fingerprint density at radius 3 is 2.62 bits per heavy atom. The summed E-state index contributed by atoms with van der Waals surface area (Å²) in [7, 11) is 0. The molecule has 2 rings (SSSR count). The molecule has 1 heterocycles. The van der Waals surface area contributed by atoms with E-state index in [1.54, 1.807) is 11.0 Å². The fraction of sp³-hybridized carbons (Fsp3) is 0.529. The van der Waals surface area contributed by atoms with Crippen molar-refractivity contribution in [3.63, 3.8) is 0 Å². The molecule has 2 atom stereocenters. The first kappa shape index (κ1) is 15.5. The Morgan fingerprint density at radius 2 is 2.00 bits per heavy atom. The standard InChI is InChI=1S/C17H23NO3/c1-3-12-9-10-18(15(11-12)17(20)21)16(19)14-8-6-5-7-13(14)4-2/h5-8,12,15H,3-4,9-11H2,1-2H3,(H,20,21). The van der Waals surface area contributed by atoms with Crippen molar-refractivity contribution in [2.75, 3.05) is 6.54 Å². The lowest BCUT2D eigenvalue weighted by atomic mass is 9.88. The van der Waals surface area contributed by atoms with E-state index in [2.05, 4.69) is 6.92 Å². The zero-order valence-electron chi connectivity index (χ0n) is 12.7. The first-order valence-electron chi connectivity index (χ1n) is 7.70. The number of likely N-dealkylation sites (tertiary alicyclic amines) is 1. The zero-order chi connectivity index (χ0) is 15.4. The Hall–Kier alpha value is -1.84. The lowest BCUT2D eigenvalue weighted by Gasteiger charge is -2.37. The molecule has 21 heavy (non-hydrogen) atoms. The molecule has 1 aromatic carbocycles. The second-order valence-corrected chi connectivity index (χ2v) is 5.66. The van der Waals surface area contributed by atoms with Crippen LogP contribution >= 0.6 is 0 Å². The fourth-order valence-corrected chi connectivity index (χ4v) is 3.08. The molecule has 0 aromatic heterocycles. The number of nitrogens with zero attached hydrogens (tertiary/aromatic N) is 1. The third kappa shape index (κ3) is 3.26. The minimum Gasteiger partial charge on any atom is -0.480 e. The van der Waals surface area contributed by atoms with Crippen LogP contribution in [0.25, 0.3) is 0 Å². The quantitative estimate of drug-likeness (QED) is 0.927. The highest BCUT2D eigenvalue weighted by Gasteiger charge is 2.36. The zero-order valence-corrected chi connectivity index (χ0v) is 12.7. The highest BCUT2D eigenvalue weighted by molar-refractivity contribution is 5.98. The molecule has 0 radical (unpaired) electrons. The van der Waals surface area contributed by atoms with Crippen molar-refractivity contribution in [1.29, 1.82) is 0 Å². The van der Waals surface area contributed by atoms with Crippen LogP contribution in [0, 0.1) is 5.92 Å². The van der Waals surface area contributed by atoms with E-state index < -0.39 is 12.0 Å². The summed E-state index contributed by atoms with van der Waals surface area (Å²) in [6.07, 6.45) is 3.19. The van der Waals surface area contributed by atoms with E-state index in [1.807, 2.05) is 25.1 Å². The molecule has 1 N–H and O–H groups in total. The predicted octanol–water partition coefficient (Wildman–Crippen LogP) is 2.96. The average molecular weight is 289 g/mol. The van der Waals surface area contributed by atoms with Gasteiger partial charge >= 0.3 is 5.97 Å². The Morgan fingerprint density at radius 1 is 1.29 bits per heavy atom. The van der Waals surface area contributed by atoms with Crippen molar-refractivity contribution >= 4 is 11.9 Å². The van der Waals surface area contributed by atoms with Crippen LogP contribution in [0.15, 0.2) is 24.3 Å². The van der Waals surface area contributed by atoms with Crippen molar-refractivity contribution in [1.82, 2.24) is 4.90 Å². The number of aliphatic carboxylic acids is 1. The van der Waals surface area contributed by atoms with E-state index in [0.717, 1.165) is 24.8 Å². The van der Waals surface area contributed by atoms with Gasteiger partial charge in [-0.25, -0.2) is 4.79 Å². The van der Waals surface area contributed by atoms with Gasteiger partial charge < -0.3 is 10.0 Å². The molecular weight excluding hydrogens is 266 g/mol. The number of carbonyl (C=O) groups excluding carboxylic acids is 1. The Kier molecular flexibility index (Phi) is 4.99. The number of hydrogen-bond acceptors (Lipinski definition) is 2. The smallest absolute Gasteiger partial charge is 0.326 e. The summed E-state index contributed by atoms with van der Waals surface area (Å²) in [5.74, 6) is -0.638. The molecule has 1 aliphatic rings. The first-order valence-corrected chi connectivity index (χ1v) is 7.70. The van der Waals surface area contributed by atoms with E-state index in [9.17, 15) is 14.7 Å². The van der Waals surface area contributed by atoms with Crippen LogP contribution in [0.4, 0.5) is 0 Å². The Labute approximate surface area is 125 Å². The van der Waals surface area contributed by atoms with Crippen LogP contribution in [-0.2, 0) is 11.2 Å². The van der Waals surface area contributed by atoms with E-state index in [1.165, 1.54) is 0 Å². The molecule has 1 aromatic rings. The number of carbonyl (C=O) groups is 2. The molecule has 0 aliphatic carbocycles.